The van der Waals surface area contributed by atoms with Crippen LogP contribution < -0.4 is 4.74 Å². The van der Waals surface area contributed by atoms with Gasteiger partial charge in [-0.3, -0.25) is 4.79 Å². The number of rotatable bonds is 5. The first kappa shape index (κ1) is 17.2. The van der Waals surface area contributed by atoms with Gasteiger partial charge in [-0.2, -0.15) is 0 Å². The SMILES string of the molecule is Cc1ccccc1-c1cccc(COc2ccc(C=O)cc2Cl)c1C. The van der Waals surface area contributed by atoms with Crippen LogP contribution in [-0.2, 0) is 6.61 Å². The van der Waals surface area contributed by atoms with Crippen molar-refractivity contribution in [1.82, 2.24) is 0 Å². The Bertz CT molecular complexity index is 916. The smallest absolute Gasteiger partial charge is 0.150 e. The second-order valence-corrected chi connectivity index (χ2v) is 6.41. The second-order valence-electron chi connectivity index (χ2n) is 6.00. The monoisotopic (exact) mass is 350 g/mol. The topological polar surface area (TPSA) is 26.3 Å². The zero-order valence-corrected chi connectivity index (χ0v) is 15.0. The van der Waals surface area contributed by atoms with E-state index in [2.05, 4.69) is 44.2 Å². The summed E-state index contributed by atoms with van der Waals surface area (Å²) in [4.78, 5) is 10.8. The number of ether oxygens (including phenoxy) is 1. The lowest BCUT2D eigenvalue weighted by atomic mass is 9.94. The Labute approximate surface area is 153 Å². The van der Waals surface area contributed by atoms with Gasteiger partial charge in [-0.1, -0.05) is 54.1 Å². The fourth-order valence-electron chi connectivity index (χ4n) is 2.87. The molecule has 0 saturated carbocycles. The van der Waals surface area contributed by atoms with Gasteiger partial charge in [0.15, 0.2) is 0 Å². The minimum atomic E-state index is 0.422. The van der Waals surface area contributed by atoms with Crippen LogP contribution in [0.1, 0.15) is 27.0 Å². The summed E-state index contributed by atoms with van der Waals surface area (Å²) in [5.41, 5.74) is 6.52. The van der Waals surface area contributed by atoms with Gasteiger partial charge in [0.05, 0.1) is 5.02 Å². The van der Waals surface area contributed by atoms with Crippen molar-refractivity contribution in [2.24, 2.45) is 0 Å². The molecule has 2 nitrogen and oxygen atoms in total. The van der Waals surface area contributed by atoms with Crippen molar-refractivity contribution in [3.05, 3.63) is 87.9 Å². The minimum absolute atomic E-state index is 0.422. The molecule has 0 amide bonds. The van der Waals surface area contributed by atoms with Crippen molar-refractivity contribution >= 4 is 17.9 Å². The maximum absolute atomic E-state index is 10.8. The highest BCUT2D eigenvalue weighted by atomic mass is 35.5. The van der Waals surface area contributed by atoms with Crippen molar-refractivity contribution in [2.45, 2.75) is 20.5 Å². The molecule has 0 spiro atoms. The Hall–Kier alpha value is -2.58. The Morgan fingerprint density at radius 2 is 1.72 bits per heavy atom. The van der Waals surface area contributed by atoms with E-state index in [1.165, 1.54) is 22.3 Å². The molecule has 0 N–H and O–H groups in total. The highest BCUT2D eigenvalue weighted by Gasteiger charge is 2.10. The van der Waals surface area contributed by atoms with Crippen LogP contribution in [0, 0.1) is 13.8 Å². The predicted octanol–water partition coefficient (Wildman–Crippen LogP) is 6.02. The molecule has 3 aromatic rings. The lowest BCUT2D eigenvalue weighted by Crippen LogP contribution is -2.00. The number of carbonyl (C=O) groups is 1. The van der Waals surface area contributed by atoms with Crippen LogP contribution in [0.15, 0.2) is 60.7 Å². The first-order chi connectivity index (χ1) is 12.1. The molecule has 0 bridgehead atoms. The summed E-state index contributed by atoms with van der Waals surface area (Å²) >= 11 is 6.18. The Morgan fingerprint density at radius 3 is 2.44 bits per heavy atom. The quantitative estimate of drug-likeness (QED) is 0.526. The molecule has 3 heteroatoms. The summed E-state index contributed by atoms with van der Waals surface area (Å²) < 4.78 is 5.88. The van der Waals surface area contributed by atoms with E-state index in [-0.39, 0.29) is 0 Å². The molecule has 126 valence electrons. The van der Waals surface area contributed by atoms with E-state index >= 15 is 0 Å². The van der Waals surface area contributed by atoms with Gasteiger partial charge in [-0.25, -0.2) is 0 Å². The number of benzene rings is 3. The summed E-state index contributed by atoms with van der Waals surface area (Å²) in [6.45, 7) is 4.65. The van der Waals surface area contributed by atoms with Gasteiger partial charge in [-0.15, -0.1) is 0 Å². The molecule has 0 atom stereocenters. The minimum Gasteiger partial charge on any atom is -0.487 e. The average Bonchev–Trinajstić information content (AvgIpc) is 2.62. The van der Waals surface area contributed by atoms with E-state index in [1.807, 2.05) is 12.1 Å². The third kappa shape index (κ3) is 3.75. The highest BCUT2D eigenvalue weighted by Crippen LogP contribution is 2.30. The Balaban J connectivity index is 1.86. The highest BCUT2D eigenvalue weighted by molar-refractivity contribution is 6.32. The summed E-state index contributed by atoms with van der Waals surface area (Å²) in [6, 6.07) is 19.6. The number of aldehydes is 1. The lowest BCUT2D eigenvalue weighted by Gasteiger charge is -2.15. The van der Waals surface area contributed by atoms with Crippen molar-refractivity contribution in [1.29, 1.82) is 0 Å². The van der Waals surface area contributed by atoms with Crippen molar-refractivity contribution < 1.29 is 9.53 Å². The van der Waals surface area contributed by atoms with Gasteiger partial charge in [0.2, 0.25) is 0 Å². The number of hydrogen-bond acceptors (Lipinski definition) is 2. The van der Waals surface area contributed by atoms with E-state index in [0.717, 1.165) is 11.8 Å². The number of hydrogen-bond donors (Lipinski definition) is 0. The fraction of sp³-hybridized carbons (Fsp3) is 0.136. The molecule has 0 aliphatic heterocycles. The third-order valence-corrected chi connectivity index (χ3v) is 4.65. The average molecular weight is 351 g/mol. The van der Waals surface area contributed by atoms with Crippen LogP contribution >= 0.6 is 11.6 Å². The largest absolute Gasteiger partial charge is 0.487 e. The molecular weight excluding hydrogens is 332 g/mol. The maximum atomic E-state index is 10.8. The van der Waals surface area contributed by atoms with Crippen LogP contribution in [0.25, 0.3) is 11.1 Å². The predicted molar refractivity (Wildman–Crippen MR) is 103 cm³/mol. The van der Waals surface area contributed by atoms with Gasteiger partial charge in [0, 0.05) is 5.56 Å². The Morgan fingerprint density at radius 1 is 0.960 bits per heavy atom. The molecule has 0 heterocycles. The van der Waals surface area contributed by atoms with Gasteiger partial charge in [-0.05, 0) is 59.9 Å². The molecule has 0 radical (unpaired) electrons. The van der Waals surface area contributed by atoms with Crippen molar-refractivity contribution in [3.63, 3.8) is 0 Å². The second kappa shape index (κ2) is 7.54. The first-order valence-corrected chi connectivity index (χ1v) is 8.50. The maximum Gasteiger partial charge on any atom is 0.150 e. The van der Waals surface area contributed by atoms with Gasteiger partial charge >= 0.3 is 0 Å². The van der Waals surface area contributed by atoms with E-state index in [0.29, 0.717) is 22.9 Å². The lowest BCUT2D eigenvalue weighted by molar-refractivity contribution is 0.112. The van der Waals surface area contributed by atoms with Crippen LogP contribution in [-0.4, -0.2) is 6.29 Å². The normalized spacial score (nSPS) is 10.5. The number of carbonyl (C=O) groups excluding carboxylic acids is 1. The van der Waals surface area contributed by atoms with Crippen molar-refractivity contribution in [3.8, 4) is 16.9 Å². The van der Waals surface area contributed by atoms with Gasteiger partial charge in [0.1, 0.15) is 18.6 Å². The molecule has 3 rings (SSSR count). The molecule has 0 fully saturated rings. The molecule has 0 unspecified atom stereocenters. The number of halogens is 1. The molecule has 0 aromatic heterocycles. The molecule has 0 aliphatic carbocycles. The van der Waals surface area contributed by atoms with E-state index in [9.17, 15) is 4.79 Å². The summed E-state index contributed by atoms with van der Waals surface area (Å²) in [7, 11) is 0. The van der Waals surface area contributed by atoms with Gasteiger partial charge < -0.3 is 4.74 Å². The number of aryl methyl sites for hydroxylation is 1. The van der Waals surface area contributed by atoms with E-state index in [4.69, 9.17) is 16.3 Å². The summed E-state index contributed by atoms with van der Waals surface area (Å²) in [6.07, 6.45) is 0.769. The van der Waals surface area contributed by atoms with E-state index in [1.54, 1.807) is 18.2 Å². The summed E-state index contributed by atoms with van der Waals surface area (Å²) in [5, 5.41) is 0.442. The summed E-state index contributed by atoms with van der Waals surface area (Å²) in [5.74, 6) is 0.577. The van der Waals surface area contributed by atoms with Crippen molar-refractivity contribution in [2.75, 3.05) is 0 Å². The molecule has 0 aliphatic rings. The first-order valence-electron chi connectivity index (χ1n) is 8.12. The van der Waals surface area contributed by atoms with E-state index < -0.39 is 0 Å². The molecule has 3 aromatic carbocycles. The molecule has 0 saturated heterocycles. The van der Waals surface area contributed by atoms with Crippen LogP contribution in [0.2, 0.25) is 5.02 Å². The molecule has 25 heavy (non-hydrogen) atoms. The standard InChI is InChI=1S/C22H19ClO2/c1-15-6-3-4-8-19(15)20-9-5-7-18(16(20)2)14-25-22-11-10-17(13-24)12-21(22)23/h3-13H,14H2,1-2H3. The van der Waals surface area contributed by atoms with Crippen LogP contribution in [0.5, 0.6) is 5.75 Å². The third-order valence-electron chi connectivity index (χ3n) is 4.36. The Kier molecular flexibility index (Phi) is 5.20. The fourth-order valence-corrected chi connectivity index (χ4v) is 3.11. The zero-order valence-electron chi connectivity index (χ0n) is 14.3. The zero-order chi connectivity index (χ0) is 17.8. The van der Waals surface area contributed by atoms with Gasteiger partial charge in [0.25, 0.3) is 0 Å². The van der Waals surface area contributed by atoms with Crippen LogP contribution in [0.4, 0.5) is 0 Å². The van der Waals surface area contributed by atoms with Crippen LogP contribution in [0.3, 0.4) is 0 Å². The molecular formula is C22H19ClO2.